The minimum Gasteiger partial charge on any atom is -0.488 e. The van der Waals surface area contributed by atoms with E-state index in [4.69, 9.17) is 21.1 Å². The van der Waals surface area contributed by atoms with Gasteiger partial charge in [0.05, 0.1) is 12.3 Å². The minimum absolute atomic E-state index is 0.330. The number of esters is 1. The summed E-state index contributed by atoms with van der Waals surface area (Å²) < 4.78 is 11.3. The van der Waals surface area contributed by atoms with Crippen molar-refractivity contribution in [3.8, 4) is 5.75 Å². The summed E-state index contributed by atoms with van der Waals surface area (Å²) in [5.74, 6) is 0.449. The van der Waals surface area contributed by atoms with E-state index in [0.717, 1.165) is 47.4 Å². The predicted molar refractivity (Wildman–Crippen MR) is 123 cm³/mol. The van der Waals surface area contributed by atoms with Gasteiger partial charge >= 0.3 is 5.97 Å². The van der Waals surface area contributed by atoms with Crippen LogP contribution in [0, 0.1) is 0 Å². The Morgan fingerprint density at radius 2 is 1.74 bits per heavy atom. The molecule has 0 unspecified atom stereocenters. The maximum atomic E-state index is 12.1. The molecule has 0 atom stereocenters. The van der Waals surface area contributed by atoms with E-state index in [1.54, 1.807) is 13.0 Å². The molecule has 0 saturated carbocycles. The van der Waals surface area contributed by atoms with E-state index < -0.39 is 5.97 Å². The SMILES string of the molecule is CCOC(=O)c1cccc(C2=C(c3ccccc3OCc3ccc(Cl)cc3)CCC2)n1. The van der Waals surface area contributed by atoms with Crippen molar-refractivity contribution in [2.75, 3.05) is 6.61 Å². The predicted octanol–water partition coefficient (Wildman–Crippen LogP) is 6.59. The van der Waals surface area contributed by atoms with Gasteiger partial charge in [-0.05, 0) is 73.2 Å². The van der Waals surface area contributed by atoms with Crippen molar-refractivity contribution in [1.82, 2.24) is 4.98 Å². The maximum Gasteiger partial charge on any atom is 0.356 e. The highest BCUT2D eigenvalue weighted by Crippen LogP contribution is 2.42. The van der Waals surface area contributed by atoms with Gasteiger partial charge in [-0.15, -0.1) is 0 Å². The standard InChI is InChI=1S/C26H24ClNO3/c1-2-30-26(29)24-11-6-10-23(28-24)21-9-5-8-20(21)22-7-3-4-12-25(22)31-17-18-13-15-19(27)16-14-18/h3-4,6-7,10-16H,2,5,8-9,17H2,1H3. The van der Waals surface area contributed by atoms with Crippen LogP contribution < -0.4 is 4.74 Å². The lowest BCUT2D eigenvalue weighted by Crippen LogP contribution is -2.08. The highest BCUT2D eigenvalue weighted by Gasteiger charge is 2.22. The van der Waals surface area contributed by atoms with Crippen molar-refractivity contribution in [3.63, 3.8) is 0 Å². The van der Waals surface area contributed by atoms with Crippen LogP contribution in [-0.4, -0.2) is 17.6 Å². The summed E-state index contributed by atoms with van der Waals surface area (Å²) in [6, 6.07) is 21.3. The van der Waals surface area contributed by atoms with Gasteiger partial charge in [0.2, 0.25) is 0 Å². The normalized spacial score (nSPS) is 13.4. The van der Waals surface area contributed by atoms with Crippen LogP contribution in [0.25, 0.3) is 11.1 Å². The molecule has 0 radical (unpaired) electrons. The molecule has 0 aliphatic heterocycles. The summed E-state index contributed by atoms with van der Waals surface area (Å²) in [5, 5.41) is 0.711. The van der Waals surface area contributed by atoms with Crippen molar-refractivity contribution >= 4 is 28.7 Å². The lowest BCUT2D eigenvalue weighted by molar-refractivity contribution is 0.0519. The van der Waals surface area contributed by atoms with Crippen LogP contribution in [0.2, 0.25) is 5.02 Å². The molecule has 0 amide bonds. The molecule has 4 rings (SSSR count). The number of para-hydroxylation sites is 1. The zero-order chi connectivity index (χ0) is 21.6. The molecule has 2 aromatic carbocycles. The molecule has 5 heteroatoms. The Balaban J connectivity index is 1.64. The number of hydrogen-bond donors (Lipinski definition) is 0. The molecule has 0 N–H and O–H groups in total. The number of pyridine rings is 1. The number of nitrogens with zero attached hydrogens (tertiary/aromatic N) is 1. The molecule has 1 aliphatic carbocycles. The summed E-state index contributed by atoms with van der Waals surface area (Å²) in [4.78, 5) is 16.7. The number of halogens is 1. The molecule has 0 bridgehead atoms. The van der Waals surface area contributed by atoms with E-state index in [1.165, 1.54) is 5.57 Å². The Labute approximate surface area is 187 Å². The number of allylic oxidation sites excluding steroid dienone is 2. The second-order valence-electron chi connectivity index (χ2n) is 7.35. The van der Waals surface area contributed by atoms with E-state index >= 15 is 0 Å². The number of ether oxygens (including phenoxy) is 2. The van der Waals surface area contributed by atoms with Crippen molar-refractivity contribution in [2.24, 2.45) is 0 Å². The third-order valence-electron chi connectivity index (χ3n) is 5.28. The summed E-state index contributed by atoms with van der Waals surface area (Å²) >= 11 is 5.98. The van der Waals surface area contributed by atoms with Crippen LogP contribution in [0.3, 0.4) is 0 Å². The van der Waals surface area contributed by atoms with Crippen molar-refractivity contribution < 1.29 is 14.3 Å². The van der Waals surface area contributed by atoms with Gasteiger partial charge in [-0.3, -0.25) is 0 Å². The molecule has 1 heterocycles. The van der Waals surface area contributed by atoms with Crippen LogP contribution >= 0.6 is 11.6 Å². The van der Waals surface area contributed by atoms with E-state index in [-0.39, 0.29) is 0 Å². The molecule has 3 aromatic rings. The van der Waals surface area contributed by atoms with Crippen LogP contribution in [0.4, 0.5) is 0 Å². The fourth-order valence-corrected chi connectivity index (χ4v) is 3.95. The van der Waals surface area contributed by atoms with Gasteiger partial charge in [0, 0.05) is 10.6 Å². The maximum absolute atomic E-state index is 12.1. The molecular weight excluding hydrogens is 410 g/mol. The van der Waals surface area contributed by atoms with Crippen LogP contribution in [0.5, 0.6) is 5.75 Å². The van der Waals surface area contributed by atoms with E-state index in [0.29, 0.717) is 23.9 Å². The molecule has 0 spiro atoms. The second-order valence-corrected chi connectivity index (χ2v) is 7.79. The van der Waals surface area contributed by atoms with Gasteiger partial charge in [-0.2, -0.15) is 0 Å². The monoisotopic (exact) mass is 433 g/mol. The first-order valence-corrected chi connectivity index (χ1v) is 10.9. The summed E-state index contributed by atoms with van der Waals surface area (Å²) in [6.45, 7) is 2.59. The third kappa shape index (κ3) is 4.97. The van der Waals surface area contributed by atoms with Gasteiger partial charge in [-0.1, -0.05) is 48.0 Å². The van der Waals surface area contributed by atoms with Gasteiger partial charge in [-0.25, -0.2) is 9.78 Å². The fourth-order valence-electron chi connectivity index (χ4n) is 3.83. The Bertz CT molecular complexity index is 1110. The molecule has 1 aliphatic rings. The zero-order valence-corrected chi connectivity index (χ0v) is 18.2. The third-order valence-corrected chi connectivity index (χ3v) is 5.53. The van der Waals surface area contributed by atoms with Gasteiger partial charge in [0.25, 0.3) is 0 Å². The number of carbonyl (C=O) groups is 1. The summed E-state index contributed by atoms with van der Waals surface area (Å²) in [6.07, 6.45) is 2.91. The molecule has 4 nitrogen and oxygen atoms in total. The average Bonchev–Trinajstić information content (AvgIpc) is 3.29. The number of benzene rings is 2. The second kappa shape index (κ2) is 9.80. The molecule has 0 saturated heterocycles. The van der Waals surface area contributed by atoms with Crippen molar-refractivity contribution in [1.29, 1.82) is 0 Å². The minimum atomic E-state index is -0.392. The largest absolute Gasteiger partial charge is 0.488 e. The van der Waals surface area contributed by atoms with E-state index in [1.807, 2.05) is 54.6 Å². The van der Waals surface area contributed by atoms with Crippen LogP contribution in [-0.2, 0) is 11.3 Å². The number of carbonyl (C=O) groups excluding carboxylic acids is 1. The quantitative estimate of drug-likeness (QED) is 0.394. The number of hydrogen-bond acceptors (Lipinski definition) is 4. The summed E-state index contributed by atoms with van der Waals surface area (Å²) in [5.41, 5.74) is 5.68. The number of aromatic nitrogens is 1. The Morgan fingerprint density at radius 3 is 2.55 bits per heavy atom. The topological polar surface area (TPSA) is 48.4 Å². The Morgan fingerprint density at radius 1 is 0.968 bits per heavy atom. The first-order chi connectivity index (χ1) is 15.2. The average molecular weight is 434 g/mol. The fraction of sp³-hybridized carbons (Fsp3) is 0.231. The lowest BCUT2D eigenvalue weighted by Gasteiger charge is -2.14. The highest BCUT2D eigenvalue weighted by molar-refractivity contribution is 6.30. The molecule has 0 fully saturated rings. The zero-order valence-electron chi connectivity index (χ0n) is 17.4. The van der Waals surface area contributed by atoms with E-state index in [9.17, 15) is 4.79 Å². The molecule has 31 heavy (non-hydrogen) atoms. The molecular formula is C26H24ClNO3. The van der Waals surface area contributed by atoms with Gasteiger partial charge in [0.1, 0.15) is 18.1 Å². The Kier molecular flexibility index (Phi) is 6.68. The molecule has 1 aromatic heterocycles. The van der Waals surface area contributed by atoms with E-state index in [2.05, 4.69) is 11.1 Å². The summed E-state index contributed by atoms with van der Waals surface area (Å²) in [7, 11) is 0. The van der Waals surface area contributed by atoms with Gasteiger partial charge < -0.3 is 9.47 Å². The van der Waals surface area contributed by atoms with Crippen LogP contribution in [0.15, 0.2) is 66.7 Å². The first-order valence-electron chi connectivity index (χ1n) is 10.5. The van der Waals surface area contributed by atoms with Crippen molar-refractivity contribution in [2.45, 2.75) is 32.8 Å². The van der Waals surface area contributed by atoms with Crippen molar-refractivity contribution in [3.05, 3.63) is 94.3 Å². The highest BCUT2D eigenvalue weighted by atomic mass is 35.5. The Hall–Kier alpha value is -3.11. The van der Waals surface area contributed by atoms with Gasteiger partial charge in [0.15, 0.2) is 0 Å². The van der Waals surface area contributed by atoms with Crippen LogP contribution in [0.1, 0.15) is 53.5 Å². The first kappa shape index (κ1) is 21.1. The number of rotatable bonds is 7. The molecule has 158 valence electrons. The lowest BCUT2D eigenvalue weighted by atomic mass is 9.99. The smallest absolute Gasteiger partial charge is 0.356 e.